The van der Waals surface area contributed by atoms with Crippen molar-refractivity contribution < 1.29 is 9.90 Å². The number of urea groups is 1. The smallest absolute Gasteiger partial charge is 0.315 e. The van der Waals surface area contributed by atoms with E-state index in [0.29, 0.717) is 11.6 Å². The third-order valence-electron chi connectivity index (χ3n) is 2.33. The Balaban J connectivity index is 2.45. The van der Waals surface area contributed by atoms with Gasteiger partial charge < -0.3 is 15.7 Å². The summed E-state index contributed by atoms with van der Waals surface area (Å²) in [7, 11) is 0. The van der Waals surface area contributed by atoms with Gasteiger partial charge in [-0.05, 0) is 31.0 Å². The van der Waals surface area contributed by atoms with Crippen LogP contribution in [0.4, 0.5) is 4.79 Å². The molecule has 4 nitrogen and oxygen atoms in total. The number of carbonyl (C=O) groups is 1. The molecule has 17 heavy (non-hydrogen) atoms. The summed E-state index contributed by atoms with van der Waals surface area (Å²) < 4.78 is 0. The van der Waals surface area contributed by atoms with Crippen molar-refractivity contribution in [3.63, 3.8) is 0 Å². The predicted octanol–water partition coefficient (Wildman–Crippen LogP) is 1.83. The molecule has 2 amide bonds. The molecule has 0 saturated carbocycles. The summed E-state index contributed by atoms with van der Waals surface area (Å²) in [5.41, 5.74) is 1.97. The molecule has 0 aromatic heterocycles. The van der Waals surface area contributed by atoms with Gasteiger partial charge in [-0.25, -0.2) is 4.79 Å². The summed E-state index contributed by atoms with van der Waals surface area (Å²) in [6.07, 6.45) is 0. The Morgan fingerprint density at radius 3 is 2.82 bits per heavy atom. The van der Waals surface area contributed by atoms with Gasteiger partial charge in [0.05, 0.1) is 12.6 Å². The van der Waals surface area contributed by atoms with Crippen molar-refractivity contribution in [2.45, 2.75) is 26.4 Å². The fourth-order valence-electron chi connectivity index (χ4n) is 1.32. The van der Waals surface area contributed by atoms with Crippen molar-refractivity contribution in [2.75, 3.05) is 6.61 Å². The average molecular weight is 257 g/mol. The maximum absolute atomic E-state index is 11.4. The van der Waals surface area contributed by atoms with E-state index in [4.69, 9.17) is 16.7 Å². The molecule has 0 heterocycles. The standard InChI is InChI=1S/C12H17ClN2O2/c1-8-5-10(3-4-11(8)13)6-14-12(17)15-9(2)7-16/h3-5,9,16H,6-7H2,1-2H3,(H2,14,15,17). The maximum atomic E-state index is 11.4. The molecule has 0 fully saturated rings. The molecule has 1 atom stereocenters. The highest BCUT2D eigenvalue weighted by Crippen LogP contribution is 2.15. The number of rotatable bonds is 4. The lowest BCUT2D eigenvalue weighted by Crippen LogP contribution is -2.41. The Hall–Kier alpha value is -1.26. The van der Waals surface area contributed by atoms with Gasteiger partial charge in [0.2, 0.25) is 0 Å². The van der Waals surface area contributed by atoms with Gasteiger partial charge in [0, 0.05) is 11.6 Å². The van der Waals surface area contributed by atoms with E-state index in [1.807, 2.05) is 25.1 Å². The van der Waals surface area contributed by atoms with E-state index in [1.54, 1.807) is 6.92 Å². The molecular formula is C12H17ClN2O2. The molecule has 3 N–H and O–H groups in total. The number of amides is 2. The molecule has 1 unspecified atom stereocenters. The first-order chi connectivity index (χ1) is 8.02. The first-order valence-electron chi connectivity index (χ1n) is 5.43. The van der Waals surface area contributed by atoms with Crippen LogP contribution in [0.5, 0.6) is 0 Å². The van der Waals surface area contributed by atoms with Crippen LogP contribution >= 0.6 is 11.6 Å². The molecule has 94 valence electrons. The summed E-state index contributed by atoms with van der Waals surface area (Å²) in [6, 6.07) is 5.06. The second kappa shape index (κ2) is 6.47. The van der Waals surface area contributed by atoms with Crippen LogP contribution in [0.2, 0.25) is 5.02 Å². The minimum Gasteiger partial charge on any atom is -0.394 e. The minimum absolute atomic E-state index is 0.0759. The molecule has 1 aromatic rings. The summed E-state index contributed by atoms with van der Waals surface area (Å²) in [5.74, 6) is 0. The monoisotopic (exact) mass is 256 g/mol. The Bertz CT molecular complexity index is 396. The highest BCUT2D eigenvalue weighted by Gasteiger charge is 2.05. The highest BCUT2D eigenvalue weighted by molar-refractivity contribution is 6.31. The largest absolute Gasteiger partial charge is 0.394 e. The normalized spacial score (nSPS) is 12.0. The van der Waals surface area contributed by atoms with Crippen LogP contribution in [0.1, 0.15) is 18.1 Å². The van der Waals surface area contributed by atoms with Crippen molar-refractivity contribution >= 4 is 17.6 Å². The second-order valence-electron chi connectivity index (χ2n) is 3.99. The zero-order valence-electron chi connectivity index (χ0n) is 9.96. The summed E-state index contributed by atoms with van der Waals surface area (Å²) in [5, 5.41) is 14.8. The zero-order chi connectivity index (χ0) is 12.8. The van der Waals surface area contributed by atoms with Gasteiger partial charge in [-0.3, -0.25) is 0 Å². The lowest BCUT2D eigenvalue weighted by Gasteiger charge is -2.12. The molecule has 0 radical (unpaired) electrons. The van der Waals surface area contributed by atoms with Crippen LogP contribution in [0.3, 0.4) is 0 Å². The third kappa shape index (κ3) is 4.63. The Kier molecular flexibility index (Phi) is 5.25. The molecular weight excluding hydrogens is 240 g/mol. The van der Waals surface area contributed by atoms with E-state index in [2.05, 4.69) is 10.6 Å². The van der Waals surface area contributed by atoms with E-state index >= 15 is 0 Å². The molecule has 0 aliphatic carbocycles. The SMILES string of the molecule is Cc1cc(CNC(=O)NC(C)CO)ccc1Cl. The number of hydrogen-bond acceptors (Lipinski definition) is 2. The van der Waals surface area contributed by atoms with Crippen LogP contribution in [-0.4, -0.2) is 23.8 Å². The Labute approximate surface area is 106 Å². The number of halogens is 1. The number of aliphatic hydroxyl groups is 1. The molecule has 0 aliphatic heterocycles. The third-order valence-corrected chi connectivity index (χ3v) is 2.75. The van der Waals surface area contributed by atoms with E-state index in [0.717, 1.165) is 11.1 Å². The lowest BCUT2D eigenvalue weighted by atomic mass is 10.1. The van der Waals surface area contributed by atoms with Gasteiger partial charge in [0.15, 0.2) is 0 Å². The van der Waals surface area contributed by atoms with Gasteiger partial charge in [-0.15, -0.1) is 0 Å². The average Bonchev–Trinajstić information content (AvgIpc) is 2.30. The van der Waals surface area contributed by atoms with Crippen LogP contribution in [0.25, 0.3) is 0 Å². The molecule has 0 bridgehead atoms. The molecule has 1 rings (SSSR count). The number of aryl methyl sites for hydroxylation is 1. The van der Waals surface area contributed by atoms with Crippen molar-refractivity contribution in [2.24, 2.45) is 0 Å². The number of aliphatic hydroxyl groups excluding tert-OH is 1. The number of hydrogen-bond donors (Lipinski definition) is 3. The second-order valence-corrected chi connectivity index (χ2v) is 4.40. The molecule has 0 aliphatic rings. The fraction of sp³-hybridized carbons (Fsp3) is 0.417. The summed E-state index contributed by atoms with van der Waals surface area (Å²) >= 11 is 5.90. The predicted molar refractivity (Wildman–Crippen MR) is 68.1 cm³/mol. The molecule has 0 spiro atoms. The van der Waals surface area contributed by atoms with Crippen molar-refractivity contribution in [1.29, 1.82) is 0 Å². The van der Waals surface area contributed by atoms with E-state index in [1.165, 1.54) is 0 Å². The van der Waals surface area contributed by atoms with Gasteiger partial charge in [-0.1, -0.05) is 23.7 Å². The topological polar surface area (TPSA) is 61.4 Å². The van der Waals surface area contributed by atoms with Crippen LogP contribution in [-0.2, 0) is 6.54 Å². The van der Waals surface area contributed by atoms with E-state index in [9.17, 15) is 4.79 Å². The van der Waals surface area contributed by atoms with E-state index < -0.39 is 0 Å². The van der Waals surface area contributed by atoms with Crippen LogP contribution in [0, 0.1) is 6.92 Å². The van der Waals surface area contributed by atoms with Crippen LogP contribution in [0.15, 0.2) is 18.2 Å². The fourth-order valence-corrected chi connectivity index (χ4v) is 1.44. The van der Waals surface area contributed by atoms with Crippen molar-refractivity contribution in [1.82, 2.24) is 10.6 Å². The quantitative estimate of drug-likeness (QED) is 0.770. The molecule has 1 aromatic carbocycles. The van der Waals surface area contributed by atoms with Crippen molar-refractivity contribution in [3.8, 4) is 0 Å². The van der Waals surface area contributed by atoms with Gasteiger partial charge in [-0.2, -0.15) is 0 Å². The number of nitrogens with one attached hydrogen (secondary N) is 2. The Morgan fingerprint density at radius 1 is 1.53 bits per heavy atom. The Morgan fingerprint density at radius 2 is 2.24 bits per heavy atom. The van der Waals surface area contributed by atoms with Gasteiger partial charge >= 0.3 is 6.03 Å². The first-order valence-corrected chi connectivity index (χ1v) is 5.81. The van der Waals surface area contributed by atoms with E-state index in [-0.39, 0.29) is 18.7 Å². The minimum atomic E-state index is -0.292. The molecule has 5 heteroatoms. The molecule has 0 saturated heterocycles. The number of carbonyl (C=O) groups excluding carboxylic acids is 1. The summed E-state index contributed by atoms with van der Waals surface area (Å²) in [6.45, 7) is 4.00. The first kappa shape index (κ1) is 13.8. The highest BCUT2D eigenvalue weighted by atomic mass is 35.5. The zero-order valence-corrected chi connectivity index (χ0v) is 10.7. The van der Waals surface area contributed by atoms with Gasteiger partial charge in [0.25, 0.3) is 0 Å². The van der Waals surface area contributed by atoms with Crippen molar-refractivity contribution in [3.05, 3.63) is 34.3 Å². The van der Waals surface area contributed by atoms with Crippen LogP contribution < -0.4 is 10.6 Å². The number of benzene rings is 1. The van der Waals surface area contributed by atoms with Gasteiger partial charge in [0.1, 0.15) is 0 Å². The maximum Gasteiger partial charge on any atom is 0.315 e. The summed E-state index contributed by atoms with van der Waals surface area (Å²) in [4.78, 5) is 11.4. The lowest BCUT2D eigenvalue weighted by molar-refractivity contribution is 0.220.